The fourth-order valence-electron chi connectivity index (χ4n) is 13.1. The Labute approximate surface area is 317 Å². The number of hydrogen-bond acceptors (Lipinski definition) is 6. The van der Waals surface area contributed by atoms with Gasteiger partial charge in [0, 0.05) is 35.4 Å². The van der Waals surface area contributed by atoms with Crippen LogP contribution in [-0.2, 0) is 25.7 Å². The van der Waals surface area contributed by atoms with Gasteiger partial charge in [0.05, 0.1) is 17.9 Å². The van der Waals surface area contributed by atoms with E-state index in [-0.39, 0.29) is 51.8 Å². The molecule has 0 heterocycles. The molecule has 0 bridgehead atoms. The minimum atomic E-state index is -1.17. The molecule has 0 aromatic heterocycles. The third-order valence-electron chi connectivity index (χ3n) is 16.1. The average molecular weight is 738 g/mol. The second kappa shape index (κ2) is 13.5. The number of carboxylic acid groups (broad SMARTS) is 1. The number of benzene rings is 1. The maximum absolute atomic E-state index is 14.0. The SMILES string of the molecule is CC(C)C1=C2[C@H]3CC[C@@H]4[C@@]5(C)CC[C@H](OC(=O)CC(C)(C)C(=O)O)C(C)(C)[C@H]5CC[C@@]4(C)[C@]3(C)CC[C@@]2([C@@H](O)CNCc2ccc(Cl)cc2)CC1=O. The molecule has 0 saturated heterocycles. The van der Waals surface area contributed by atoms with Gasteiger partial charge in [0.15, 0.2) is 5.78 Å². The molecule has 8 heteroatoms. The van der Waals surface area contributed by atoms with Crippen molar-refractivity contribution in [3.63, 3.8) is 0 Å². The van der Waals surface area contributed by atoms with Crippen LogP contribution in [-0.4, -0.2) is 46.7 Å². The Morgan fingerprint density at radius 1 is 0.942 bits per heavy atom. The lowest BCUT2D eigenvalue weighted by Crippen LogP contribution is -2.66. The van der Waals surface area contributed by atoms with Crippen molar-refractivity contribution in [3.8, 4) is 0 Å². The van der Waals surface area contributed by atoms with Crippen molar-refractivity contribution in [1.29, 1.82) is 0 Å². The molecule has 9 atom stereocenters. The number of Topliss-reactive ketones (excluding diaryl/α,β-unsaturated/α-hetero) is 1. The van der Waals surface area contributed by atoms with E-state index in [4.69, 9.17) is 16.3 Å². The molecule has 3 N–H and O–H groups in total. The molecule has 0 amide bonds. The van der Waals surface area contributed by atoms with E-state index >= 15 is 0 Å². The van der Waals surface area contributed by atoms with Crippen LogP contribution in [0.15, 0.2) is 35.4 Å². The Morgan fingerprint density at radius 3 is 2.25 bits per heavy atom. The number of allylic oxidation sites excluding steroid dienone is 1. The summed E-state index contributed by atoms with van der Waals surface area (Å²) in [7, 11) is 0. The Kier molecular flexibility index (Phi) is 10.3. The maximum atomic E-state index is 14.0. The quantitative estimate of drug-likeness (QED) is 0.205. The number of aliphatic carboxylic acids is 1. The summed E-state index contributed by atoms with van der Waals surface area (Å²) in [5, 5.41) is 26.0. The minimum Gasteiger partial charge on any atom is -0.481 e. The Balaban J connectivity index is 1.26. The fraction of sp³-hybridized carbons (Fsp3) is 0.750. The number of ether oxygens (including phenoxy) is 1. The molecule has 0 unspecified atom stereocenters. The molecule has 6 rings (SSSR count). The van der Waals surface area contributed by atoms with E-state index in [1.54, 1.807) is 13.8 Å². The van der Waals surface area contributed by atoms with Gasteiger partial charge in [-0.15, -0.1) is 0 Å². The largest absolute Gasteiger partial charge is 0.481 e. The topological polar surface area (TPSA) is 113 Å². The van der Waals surface area contributed by atoms with Gasteiger partial charge in [-0.3, -0.25) is 14.4 Å². The number of rotatable bonds is 10. The summed E-state index contributed by atoms with van der Waals surface area (Å²) in [5.41, 5.74) is 1.55. The smallest absolute Gasteiger partial charge is 0.309 e. The molecule has 7 nitrogen and oxygen atoms in total. The zero-order valence-electron chi connectivity index (χ0n) is 33.2. The van der Waals surface area contributed by atoms with E-state index in [0.717, 1.165) is 62.5 Å². The van der Waals surface area contributed by atoms with Crippen molar-refractivity contribution in [1.82, 2.24) is 5.32 Å². The van der Waals surface area contributed by atoms with Gasteiger partial charge >= 0.3 is 11.9 Å². The Bertz CT molecular complexity index is 1610. The third-order valence-corrected chi connectivity index (χ3v) is 16.3. The summed E-state index contributed by atoms with van der Waals surface area (Å²) in [5.74, 6) is 0.0352. The van der Waals surface area contributed by atoms with Crippen LogP contribution >= 0.6 is 11.6 Å². The highest BCUT2D eigenvalue weighted by Gasteiger charge is 2.70. The first-order valence-electron chi connectivity index (χ1n) is 20.0. The van der Waals surface area contributed by atoms with Crippen molar-refractivity contribution in [3.05, 3.63) is 46.0 Å². The van der Waals surface area contributed by atoms with Gasteiger partial charge < -0.3 is 20.3 Å². The monoisotopic (exact) mass is 737 g/mol. The molecule has 1 aromatic carbocycles. The first kappa shape index (κ1) is 39.5. The molecule has 0 radical (unpaired) electrons. The number of hydrogen-bond donors (Lipinski definition) is 3. The van der Waals surface area contributed by atoms with E-state index in [2.05, 4.69) is 53.8 Å². The van der Waals surface area contributed by atoms with Crippen LogP contribution in [0.2, 0.25) is 5.02 Å². The van der Waals surface area contributed by atoms with Crippen LogP contribution in [0.3, 0.4) is 0 Å². The van der Waals surface area contributed by atoms with Gasteiger partial charge in [-0.2, -0.15) is 0 Å². The number of aliphatic hydroxyl groups excluding tert-OH is 1. The molecule has 1 aromatic rings. The van der Waals surface area contributed by atoms with Crippen LogP contribution < -0.4 is 5.32 Å². The third kappa shape index (κ3) is 6.11. The lowest BCUT2D eigenvalue weighted by atomic mass is 9.33. The number of fused-ring (bicyclic) bond motifs is 7. The summed E-state index contributed by atoms with van der Waals surface area (Å²) in [6, 6.07) is 7.79. The number of esters is 1. The van der Waals surface area contributed by atoms with Crippen LogP contribution in [0.4, 0.5) is 0 Å². The standard InChI is InChI=1S/C44H64ClNO6/c1-26(2)36-30(47)22-44(33(48)25-46-24-27-10-12-28(45)13-11-27)21-20-42(8)29(37(36)44)14-15-32-41(7)18-17-34(52-35(49)23-39(3,4)38(50)51)40(5,6)31(41)16-19-43(32,42)9/h10-13,26,29,31-34,46,48H,14-25H2,1-9H3,(H,50,51)/t29-,31-,32-,33+,34+,41+,42-,43-,44+/m1/s1. The van der Waals surface area contributed by atoms with E-state index < -0.39 is 28.9 Å². The molecular formula is C44H64ClNO6. The number of carbonyl (C=O) groups excluding carboxylic acids is 2. The van der Waals surface area contributed by atoms with Crippen molar-refractivity contribution in [2.24, 2.45) is 56.2 Å². The number of ketones is 1. The predicted octanol–water partition coefficient (Wildman–Crippen LogP) is 9.18. The zero-order valence-corrected chi connectivity index (χ0v) is 33.9. The molecule has 4 fully saturated rings. The van der Waals surface area contributed by atoms with Gasteiger partial charge in [0.1, 0.15) is 6.10 Å². The summed E-state index contributed by atoms with van der Waals surface area (Å²) in [6.45, 7) is 20.7. The number of aliphatic hydroxyl groups is 1. The first-order valence-corrected chi connectivity index (χ1v) is 20.4. The second-order valence-electron chi connectivity index (χ2n) is 19.8. The highest BCUT2D eigenvalue weighted by Crippen LogP contribution is 2.77. The van der Waals surface area contributed by atoms with Gasteiger partial charge in [-0.25, -0.2) is 0 Å². The molecule has 5 aliphatic rings. The van der Waals surface area contributed by atoms with Gasteiger partial charge in [0.25, 0.3) is 0 Å². The Hall–Kier alpha value is -2.22. The normalized spacial score (nSPS) is 37.5. The zero-order chi connectivity index (χ0) is 38.2. The van der Waals surface area contributed by atoms with Crippen LogP contribution in [0.5, 0.6) is 0 Å². The van der Waals surface area contributed by atoms with Gasteiger partial charge in [0.2, 0.25) is 0 Å². The molecule has 0 aliphatic heterocycles. The summed E-state index contributed by atoms with van der Waals surface area (Å²) < 4.78 is 6.16. The highest BCUT2D eigenvalue weighted by atomic mass is 35.5. The molecule has 52 heavy (non-hydrogen) atoms. The second-order valence-corrected chi connectivity index (χ2v) is 20.3. The minimum absolute atomic E-state index is 0.0141. The molecule has 288 valence electrons. The van der Waals surface area contributed by atoms with E-state index in [0.29, 0.717) is 36.4 Å². The predicted molar refractivity (Wildman–Crippen MR) is 205 cm³/mol. The molecule has 5 aliphatic carbocycles. The Morgan fingerprint density at radius 2 is 1.62 bits per heavy atom. The van der Waals surface area contributed by atoms with Crippen molar-refractivity contribution >= 4 is 29.3 Å². The lowest BCUT2D eigenvalue weighted by Gasteiger charge is -2.72. The van der Waals surface area contributed by atoms with Crippen molar-refractivity contribution in [2.45, 2.75) is 145 Å². The van der Waals surface area contributed by atoms with Gasteiger partial charge in [-0.1, -0.05) is 77.8 Å². The van der Waals surface area contributed by atoms with Crippen molar-refractivity contribution < 1.29 is 29.3 Å². The fourth-order valence-corrected chi connectivity index (χ4v) is 13.2. The van der Waals surface area contributed by atoms with Crippen LogP contribution in [0.25, 0.3) is 0 Å². The van der Waals surface area contributed by atoms with E-state index in [1.165, 1.54) is 5.57 Å². The first-order chi connectivity index (χ1) is 24.1. The van der Waals surface area contributed by atoms with Crippen LogP contribution in [0.1, 0.15) is 132 Å². The van der Waals surface area contributed by atoms with Crippen molar-refractivity contribution in [2.75, 3.05) is 6.54 Å². The summed E-state index contributed by atoms with van der Waals surface area (Å²) in [6.07, 6.45) is 7.17. The molecular weight excluding hydrogens is 674 g/mol. The number of carboxylic acids is 1. The van der Waals surface area contributed by atoms with Crippen LogP contribution in [0, 0.1) is 56.2 Å². The average Bonchev–Trinajstić information content (AvgIpc) is 3.36. The number of carbonyl (C=O) groups is 3. The highest BCUT2D eigenvalue weighted by molar-refractivity contribution is 6.30. The van der Waals surface area contributed by atoms with E-state index in [9.17, 15) is 24.6 Å². The molecule has 0 spiro atoms. The summed E-state index contributed by atoms with van der Waals surface area (Å²) in [4.78, 5) is 38.8. The van der Waals surface area contributed by atoms with Gasteiger partial charge in [-0.05, 0) is 128 Å². The maximum Gasteiger partial charge on any atom is 0.309 e. The number of nitrogens with one attached hydrogen (secondary N) is 1. The molecule has 4 saturated carbocycles. The van der Waals surface area contributed by atoms with E-state index in [1.807, 2.05) is 24.3 Å². The lowest BCUT2D eigenvalue weighted by molar-refractivity contribution is -0.235. The summed E-state index contributed by atoms with van der Waals surface area (Å²) >= 11 is 6.10. The number of halogens is 1.